The fraction of sp³-hybridized carbons (Fsp3) is 0.450. The van der Waals surface area contributed by atoms with E-state index in [0.717, 1.165) is 49.1 Å². The van der Waals surface area contributed by atoms with Gasteiger partial charge in [0.15, 0.2) is 5.69 Å². The molecule has 0 bridgehead atoms. The van der Waals surface area contributed by atoms with Gasteiger partial charge in [-0.2, -0.15) is 9.78 Å². The van der Waals surface area contributed by atoms with Crippen molar-refractivity contribution in [3.8, 4) is 0 Å². The number of rotatable bonds is 3. The van der Waals surface area contributed by atoms with Crippen LogP contribution in [0.3, 0.4) is 0 Å². The summed E-state index contributed by atoms with van der Waals surface area (Å²) in [5.41, 5.74) is 1.12. The smallest absolute Gasteiger partial charge is 0.356 e. The van der Waals surface area contributed by atoms with Crippen molar-refractivity contribution in [3.05, 3.63) is 51.8 Å². The third-order valence-corrected chi connectivity index (χ3v) is 6.90. The molecule has 0 unspecified atom stereocenters. The molecule has 2 saturated heterocycles. The van der Waals surface area contributed by atoms with E-state index >= 15 is 0 Å². The van der Waals surface area contributed by atoms with E-state index in [9.17, 15) is 9.59 Å². The summed E-state index contributed by atoms with van der Waals surface area (Å²) in [4.78, 5) is 27.7. The highest BCUT2D eigenvalue weighted by Crippen LogP contribution is 2.41. The van der Waals surface area contributed by atoms with Crippen LogP contribution in [0.4, 0.5) is 4.79 Å². The van der Waals surface area contributed by atoms with Gasteiger partial charge in [-0.25, -0.2) is 9.59 Å². The van der Waals surface area contributed by atoms with Gasteiger partial charge in [-0.1, -0.05) is 35.3 Å². The number of hydrogen-bond donors (Lipinski definition) is 1. The third-order valence-electron chi connectivity index (χ3n) is 6.04. The fourth-order valence-electron chi connectivity index (χ4n) is 4.34. The van der Waals surface area contributed by atoms with E-state index in [1.165, 1.54) is 12.3 Å². The Morgan fingerprint density at radius 3 is 2.52 bits per heavy atom. The summed E-state index contributed by atoms with van der Waals surface area (Å²) in [5.74, 6) is -1.14. The first-order valence-electron chi connectivity index (χ1n) is 9.60. The number of carbonyl (C=O) groups excluding carboxylic acids is 1. The van der Waals surface area contributed by atoms with E-state index in [1.807, 2.05) is 12.1 Å². The second-order valence-corrected chi connectivity index (χ2v) is 8.68. The van der Waals surface area contributed by atoms with Crippen LogP contribution in [0.25, 0.3) is 0 Å². The molecule has 3 heterocycles. The molecule has 0 radical (unpaired) electrons. The summed E-state index contributed by atoms with van der Waals surface area (Å²) in [6.45, 7) is 4.04. The van der Waals surface area contributed by atoms with Crippen molar-refractivity contribution in [1.29, 1.82) is 0 Å². The van der Waals surface area contributed by atoms with Crippen LogP contribution in [0.15, 0.2) is 30.5 Å². The predicted molar refractivity (Wildman–Crippen MR) is 110 cm³/mol. The van der Waals surface area contributed by atoms with Crippen LogP contribution in [0, 0.1) is 5.41 Å². The van der Waals surface area contributed by atoms with Crippen molar-refractivity contribution < 1.29 is 14.7 Å². The molecule has 2 aliphatic heterocycles. The molecule has 0 saturated carbocycles. The highest BCUT2D eigenvalue weighted by Gasteiger charge is 2.41. The zero-order chi connectivity index (χ0) is 20.6. The lowest BCUT2D eigenvalue weighted by atomic mass is 9.78. The number of likely N-dealkylation sites (tertiary alicyclic amines) is 2. The lowest BCUT2D eigenvalue weighted by Crippen LogP contribution is -2.45. The lowest BCUT2D eigenvalue weighted by molar-refractivity contribution is 0.0689. The van der Waals surface area contributed by atoms with Crippen LogP contribution in [0.2, 0.25) is 10.0 Å². The maximum absolute atomic E-state index is 12.6. The topological polar surface area (TPSA) is 78.7 Å². The molecule has 2 fully saturated rings. The third kappa shape index (κ3) is 4.13. The van der Waals surface area contributed by atoms with Crippen LogP contribution >= 0.6 is 23.2 Å². The summed E-state index contributed by atoms with van der Waals surface area (Å²) < 4.78 is 1.11. The van der Waals surface area contributed by atoms with Gasteiger partial charge in [-0.15, -0.1) is 0 Å². The van der Waals surface area contributed by atoms with E-state index in [-0.39, 0.29) is 17.1 Å². The Bertz CT molecular complexity index is 938. The first-order chi connectivity index (χ1) is 13.9. The van der Waals surface area contributed by atoms with Crippen molar-refractivity contribution in [2.45, 2.75) is 25.8 Å². The molecule has 29 heavy (non-hydrogen) atoms. The Labute approximate surface area is 178 Å². The molecule has 1 aromatic heterocycles. The number of piperidine rings is 1. The Kier molecular flexibility index (Phi) is 5.55. The van der Waals surface area contributed by atoms with Gasteiger partial charge in [0.1, 0.15) is 0 Å². The maximum Gasteiger partial charge on any atom is 0.356 e. The number of carboxylic acids is 1. The summed E-state index contributed by atoms with van der Waals surface area (Å²) in [5, 5.41) is 14.0. The van der Waals surface area contributed by atoms with E-state index in [4.69, 9.17) is 28.3 Å². The molecule has 0 atom stereocenters. The van der Waals surface area contributed by atoms with E-state index in [2.05, 4.69) is 10.00 Å². The van der Waals surface area contributed by atoms with Gasteiger partial charge < -0.3 is 10.0 Å². The van der Waals surface area contributed by atoms with Gasteiger partial charge in [0.05, 0.1) is 10.0 Å². The van der Waals surface area contributed by atoms with Gasteiger partial charge in [0.2, 0.25) is 0 Å². The molecule has 154 valence electrons. The van der Waals surface area contributed by atoms with Crippen molar-refractivity contribution in [3.63, 3.8) is 0 Å². The first kappa shape index (κ1) is 20.2. The first-order valence-corrected chi connectivity index (χ1v) is 10.4. The second kappa shape index (κ2) is 7.97. The fourth-order valence-corrected chi connectivity index (χ4v) is 4.72. The molecular formula is C20H22Cl2N4O3. The minimum Gasteiger partial charge on any atom is -0.476 e. The molecule has 1 spiro atoms. The quantitative estimate of drug-likeness (QED) is 0.790. The zero-order valence-corrected chi connectivity index (χ0v) is 17.4. The SMILES string of the molecule is O=C(O)c1ccn(C(=O)N2CCC3(CCN(Cc4cccc(Cl)c4Cl)C3)CC2)n1. The van der Waals surface area contributed by atoms with E-state index < -0.39 is 5.97 Å². The van der Waals surface area contributed by atoms with Crippen LogP contribution < -0.4 is 0 Å². The summed E-state index contributed by atoms with van der Waals surface area (Å²) in [6, 6.07) is 6.79. The van der Waals surface area contributed by atoms with Crippen molar-refractivity contribution in [1.82, 2.24) is 19.6 Å². The Morgan fingerprint density at radius 2 is 1.83 bits per heavy atom. The van der Waals surface area contributed by atoms with Gasteiger partial charge in [0, 0.05) is 32.4 Å². The lowest BCUT2D eigenvalue weighted by Gasteiger charge is -2.39. The number of halogens is 2. The largest absolute Gasteiger partial charge is 0.476 e. The summed E-state index contributed by atoms with van der Waals surface area (Å²) in [6.07, 6.45) is 4.34. The number of aromatic nitrogens is 2. The number of nitrogens with zero attached hydrogens (tertiary/aromatic N) is 4. The van der Waals surface area contributed by atoms with Crippen molar-refractivity contribution in [2.24, 2.45) is 5.41 Å². The van der Waals surface area contributed by atoms with E-state index in [0.29, 0.717) is 23.1 Å². The molecule has 2 aromatic rings. The number of carbonyl (C=O) groups is 2. The predicted octanol–water partition coefficient (Wildman–Crippen LogP) is 3.84. The summed E-state index contributed by atoms with van der Waals surface area (Å²) in [7, 11) is 0. The molecule has 2 aliphatic rings. The van der Waals surface area contributed by atoms with Gasteiger partial charge in [0.25, 0.3) is 0 Å². The normalized spacial score (nSPS) is 19.0. The summed E-state index contributed by atoms with van der Waals surface area (Å²) >= 11 is 12.5. The molecule has 9 heteroatoms. The molecule has 1 amide bonds. The Balaban J connectivity index is 1.35. The number of benzene rings is 1. The van der Waals surface area contributed by atoms with Crippen LogP contribution in [-0.4, -0.2) is 62.9 Å². The highest BCUT2D eigenvalue weighted by molar-refractivity contribution is 6.42. The molecule has 7 nitrogen and oxygen atoms in total. The number of hydrogen-bond acceptors (Lipinski definition) is 4. The number of aromatic carboxylic acids is 1. The highest BCUT2D eigenvalue weighted by atomic mass is 35.5. The average molecular weight is 437 g/mol. The minimum atomic E-state index is -1.14. The molecule has 1 aromatic carbocycles. The maximum atomic E-state index is 12.6. The minimum absolute atomic E-state index is 0.127. The second-order valence-electron chi connectivity index (χ2n) is 7.89. The van der Waals surface area contributed by atoms with Crippen molar-refractivity contribution in [2.75, 3.05) is 26.2 Å². The average Bonchev–Trinajstić information content (AvgIpc) is 3.34. The molecule has 4 rings (SSSR count). The Hall–Kier alpha value is -2.09. The standard InChI is InChI=1S/C20H22Cl2N4O3/c21-15-3-1-2-14(17(15)22)12-24-9-5-20(13-24)6-10-25(11-7-20)19(29)26-8-4-16(23-26)18(27)28/h1-4,8H,5-7,9-13H2,(H,27,28). The molecule has 1 N–H and O–H groups in total. The van der Waals surface area contributed by atoms with Crippen LogP contribution in [-0.2, 0) is 6.54 Å². The van der Waals surface area contributed by atoms with Gasteiger partial charge >= 0.3 is 12.0 Å². The zero-order valence-electron chi connectivity index (χ0n) is 15.9. The van der Waals surface area contributed by atoms with E-state index in [1.54, 1.807) is 11.0 Å². The molecular weight excluding hydrogens is 415 g/mol. The number of carboxylic acid groups (broad SMARTS) is 1. The monoisotopic (exact) mass is 436 g/mol. The van der Waals surface area contributed by atoms with Gasteiger partial charge in [-0.05, 0) is 48.9 Å². The number of amides is 1. The van der Waals surface area contributed by atoms with Crippen molar-refractivity contribution >= 4 is 35.2 Å². The Morgan fingerprint density at radius 1 is 1.10 bits per heavy atom. The molecule has 0 aliphatic carbocycles. The van der Waals surface area contributed by atoms with Crippen LogP contribution in [0.1, 0.15) is 35.3 Å². The van der Waals surface area contributed by atoms with Crippen LogP contribution in [0.5, 0.6) is 0 Å². The van der Waals surface area contributed by atoms with Gasteiger partial charge in [-0.3, -0.25) is 4.90 Å².